The molecule has 0 unspecified atom stereocenters. The molecule has 0 fully saturated rings. The number of rotatable bonds is 6. The topological polar surface area (TPSA) is 95.9 Å². The van der Waals surface area contributed by atoms with Crippen LogP contribution in [-0.2, 0) is 20.7 Å². The highest BCUT2D eigenvalue weighted by Crippen LogP contribution is 2.33. The molecule has 1 aliphatic heterocycles. The summed E-state index contributed by atoms with van der Waals surface area (Å²) in [4.78, 5) is 38.4. The number of para-hydroxylation sites is 1. The summed E-state index contributed by atoms with van der Waals surface area (Å²) < 4.78 is 5.27. The molecular weight excluding hydrogens is 348 g/mol. The maximum atomic E-state index is 13.2. The van der Waals surface area contributed by atoms with E-state index in [0.29, 0.717) is 12.1 Å². The highest BCUT2D eigenvalue weighted by atomic mass is 16.6. The smallest absolute Gasteiger partial charge is 0.408 e. The van der Waals surface area contributed by atoms with Crippen LogP contribution in [0.3, 0.4) is 0 Å². The van der Waals surface area contributed by atoms with Crippen LogP contribution >= 0.6 is 0 Å². The van der Waals surface area contributed by atoms with E-state index < -0.39 is 35.7 Å². The summed E-state index contributed by atoms with van der Waals surface area (Å²) in [6.07, 6.45) is 1.55. The normalized spacial score (nSPS) is 17.2. The van der Waals surface area contributed by atoms with E-state index in [1.54, 1.807) is 32.9 Å². The molecule has 1 aromatic rings. The number of carbonyl (C=O) groups is 3. The molecule has 0 bridgehead atoms. The highest BCUT2D eigenvalue weighted by molar-refractivity contribution is 6.05. The Morgan fingerprint density at radius 2 is 1.96 bits per heavy atom. The number of aliphatic carboxylic acids is 1. The van der Waals surface area contributed by atoms with Gasteiger partial charge in [0, 0.05) is 12.1 Å². The lowest BCUT2D eigenvalue weighted by Gasteiger charge is -2.29. The highest BCUT2D eigenvalue weighted by Gasteiger charge is 2.41. The van der Waals surface area contributed by atoms with Gasteiger partial charge in [0.1, 0.15) is 17.7 Å². The number of carboxylic acids is 1. The van der Waals surface area contributed by atoms with Gasteiger partial charge < -0.3 is 15.2 Å². The predicted octanol–water partition coefficient (Wildman–Crippen LogP) is 3.11. The van der Waals surface area contributed by atoms with Crippen molar-refractivity contribution in [2.75, 3.05) is 4.90 Å². The van der Waals surface area contributed by atoms with Gasteiger partial charge in [0.25, 0.3) is 5.91 Å². The number of amides is 2. The lowest BCUT2D eigenvalue weighted by Crippen LogP contribution is -2.53. The lowest BCUT2D eigenvalue weighted by molar-refractivity contribution is -0.140. The summed E-state index contributed by atoms with van der Waals surface area (Å²) in [5, 5.41) is 12.2. The first-order valence-corrected chi connectivity index (χ1v) is 9.27. The average molecular weight is 376 g/mol. The van der Waals surface area contributed by atoms with Crippen molar-refractivity contribution in [1.82, 2.24) is 5.32 Å². The molecule has 27 heavy (non-hydrogen) atoms. The second kappa shape index (κ2) is 8.41. The van der Waals surface area contributed by atoms with E-state index >= 15 is 0 Å². The van der Waals surface area contributed by atoms with Crippen molar-refractivity contribution in [2.24, 2.45) is 0 Å². The third-order valence-electron chi connectivity index (χ3n) is 4.33. The van der Waals surface area contributed by atoms with Gasteiger partial charge in [0.05, 0.1) is 0 Å². The van der Waals surface area contributed by atoms with Gasteiger partial charge >= 0.3 is 12.1 Å². The van der Waals surface area contributed by atoms with E-state index in [4.69, 9.17) is 4.74 Å². The van der Waals surface area contributed by atoms with Crippen LogP contribution in [0.5, 0.6) is 0 Å². The second-order valence-electron chi connectivity index (χ2n) is 7.74. The Kier molecular flexibility index (Phi) is 6.46. The lowest BCUT2D eigenvalue weighted by atomic mass is 10.1. The third kappa shape index (κ3) is 5.21. The number of unbranched alkanes of at least 4 members (excludes halogenated alkanes) is 1. The summed E-state index contributed by atoms with van der Waals surface area (Å²) in [6.45, 7) is 7.21. The molecule has 2 atom stereocenters. The van der Waals surface area contributed by atoms with Gasteiger partial charge in [0.15, 0.2) is 0 Å². The number of alkyl carbamates (subject to hydrolysis) is 1. The van der Waals surface area contributed by atoms with Crippen LogP contribution in [0.4, 0.5) is 10.5 Å². The molecule has 0 aromatic heterocycles. The predicted molar refractivity (Wildman–Crippen MR) is 102 cm³/mol. The summed E-state index contributed by atoms with van der Waals surface area (Å²) in [5.74, 6) is -1.49. The molecular formula is C20H28N2O5. The van der Waals surface area contributed by atoms with Crippen LogP contribution in [0.2, 0.25) is 0 Å². The van der Waals surface area contributed by atoms with Crippen molar-refractivity contribution < 1.29 is 24.2 Å². The molecule has 2 amide bonds. The Morgan fingerprint density at radius 3 is 2.56 bits per heavy atom. The summed E-state index contributed by atoms with van der Waals surface area (Å²) in [6, 6.07) is 5.33. The quantitative estimate of drug-likeness (QED) is 0.795. The fourth-order valence-corrected chi connectivity index (χ4v) is 3.14. The zero-order valence-electron chi connectivity index (χ0n) is 16.3. The largest absolute Gasteiger partial charge is 0.480 e. The minimum Gasteiger partial charge on any atom is -0.480 e. The number of nitrogens with one attached hydrogen (secondary N) is 1. The molecule has 2 rings (SSSR count). The molecule has 1 aromatic carbocycles. The minimum atomic E-state index is -1.06. The van der Waals surface area contributed by atoms with Gasteiger partial charge in [0.2, 0.25) is 0 Å². The Hall–Kier alpha value is -2.57. The maximum absolute atomic E-state index is 13.2. The number of anilines is 1. The van der Waals surface area contributed by atoms with E-state index in [9.17, 15) is 19.5 Å². The van der Waals surface area contributed by atoms with Gasteiger partial charge in [-0.1, -0.05) is 38.0 Å². The van der Waals surface area contributed by atoms with Crippen LogP contribution in [0, 0.1) is 0 Å². The van der Waals surface area contributed by atoms with E-state index in [1.165, 1.54) is 4.90 Å². The Bertz CT molecular complexity index is 711. The molecule has 1 heterocycles. The van der Waals surface area contributed by atoms with E-state index in [2.05, 4.69) is 5.32 Å². The zero-order chi connectivity index (χ0) is 20.2. The van der Waals surface area contributed by atoms with Crippen LogP contribution in [0.1, 0.15) is 52.5 Å². The van der Waals surface area contributed by atoms with Gasteiger partial charge in [-0.25, -0.2) is 9.59 Å². The van der Waals surface area contributed by atoms with E-state index in [-0.39, 0.29) is 6.42 Å². The van der Waals surface area contributed by atoms with Crippen molar-refractivity contribution in [3.05, 3.63) is 29.8 Å². The van der Waals surface area contributed by atoms with Crippen molar-refractivity contribution >= 4 is 23.7 Å². The summed E-state index contributed by atoms with van der Waals surface area (Å²) in [5.41, 5.74) is 0.707. The SMILES string of the molecule is CCCC[C@H](NC(=O)OC(C)(C)C)C(=O)N1c2ccccc2C[C@H]1C(=O)O. The van der Waals surface area contributed by atoms with Crippen LogP contribution in [0.15, 0.2) is 24.3 Å². The molecule has 0 radical (unpaired) electrons. The number of benzene rings is 1. The Morgan fingerprint density at radius 1 is 1.30 bits per heavy atom. The number of ether oxygens (including phenoxy) is 1. The molecule has 1 aliphatic rings. The summed E-state index contributed by atoms with van der Waals surface area (Å²) in [7, 11) is 0. The first-order valence-electron chi connectivity index (χ1n) is 9.27. The number of hydrogen-bond acceptors (Lipinski definition) is 4. The molecule has 2 N–H and O–H groups in total. The first kappa shape index (κ1) is 20.7. The minimum absolute atomic E-state index is 0.254. The van der Waals surface area contributed by atoms with Crippen molar-refractivity contribution in [3.63, 3.8) is 0 Å². The fraction of sp³-hybridized carbons (Fsp3) is 0.550. The van der Waals surface area contributed by atoms with Crippen molar-refractivity contribution in [3.8, 4) is 0 Å². The molecule has 0 saturated heterocycles. The first-order chi connectivity index (χ1) is 12.6. The molecule has 148 valence electrons. The molecule has 0 saturated carbocycles. The third-order valence-corrected chi connectivity index (χ3v) is 4.33. The molecule has 7 nitrogen and oxygen atoms in total. The Balaban J connectivity index is 2.27. The van der Waals surface area contributed by atoms with Gasteiger partial charge in [-0.05, 0) is 38.8 Å². The van der Waals surface area contributed by atoms with E-state index in [0.717, 1.165) is 18.4 Å². The number of nitrogens with zero attached hydrogens (tertiary/aromatic N) is 1. The average Bonchev–Trinajstić information content (AvgIpc) is 2.96. The molecule has 0 spiro atoms. The van der Waals surface area contributed by atoms with Gasteiger partial charge in [-0.3, -0.25) is 9.69 Å². The van der Waals surface area contributed by atoms with Crippen LogP contribution in [-0.4, -0.2) is 40.8 Å². The van der Waals surface area contributed by atoms with Crippen LogP contribution < -0.4 is 10.2 Å². The Labute approximate surface area is 159 Å². The molecule has 7 heteroatoms. The monoisotopic (exact) mass is 376 g/mol. The fourth-order valence-electron chi connectivity index (χ4n) is 3.14. The number of carboxylic acid groups (broad SMARTS) is 1. The number of fused-ring (bicyclic) bond motifs is 1. The van der Waals surface area contributed by atoms with Gasteiger partial charge in [-0.2, -0.15) is 0 Å². The maximum Gasteiger partial charge on any atom is 0.408 e. The molecule has 0 aliphatic carbocycles. The zero-order valence-corrected chi connectivity index (χ0v) is 16.3. The number of carbonyl (C=O) groups excluding carboxylic acids is 2. The van der Waals surface area contributed by atoms with Crippen molar-refractivity contribution in [2.45, 2.75) is 71.1 Å². The number of hydrogen-bond donors (Lipinski definition) is 2. The summed E-state index contributed by atoms with van der Waals surface area (Å²) >= 11 is 0. The van der Waals surface area contributed by atoms with Crippen LogP contribution in [0.25, 0.3) is 0 Å². The second-order valence-corrected chi connectivity index (χ2v) is 7.74. The standard InChI is InChI=1S/C20H28N2O5/c1-5-6-10-14(21-19(26)27-20(2,3)4)17(23)22-15-11-8-7-9-13(15)12-16(22)18(24)25/h7-9,11,14,16H,5-6,10,12H2,1-4H3,(H,21,26)(H,24,25)/t14-,16-/m0/s1. The van der Waals surface area contributed by atoms with E-state index in [1.807, 2.05) is 19.1 Å². The van der Waals surface area contributed by atoms with Crippen molar-refractivity contribution in [1.29, 1.82) is 0 Å². The van der Waals surface area contributed by atoms with Gasteiger partial charge in [-0.15, -0.1) is 0 Å².